The standard InChI is InChI=1S/C16H17ClN2O5/c1-24-15(21)12-3-2-10(6-13(12)17)19-8-9-7-18(16(22)23)5-4-11(9)14(19)20/h2-3,6,9,11H,4-5,7-8H2,1H3,(H,22,23)/t9-,11-/m0/s1. The van der Waals surface area contributed by atoms with Crippen LogP contribution < -0.4 is 4.90 Å². The molecule has 2 amide bonds. The first kappa shape index (κ1) is 16.6. The highest BCUT2D eigenvalue weighted by atomic mass is 35.5. The van der Waals surface area contributed by atoms with E-state index >= 15 is 0 Å². The molecule has 128 valence electrons. The second kappa shape index (κ2) is 6.32. The molecule has 0 spiro atoms. The van der Waals surface area contributed by atoms with Crippen molar-refractivity contribution in [3.05, 3.63) is 28.8 Å². The molecular weight excluding hydrogens is 336 g/mol. The van der Waals surface area contributed by atoms with E-state index in [-0.39, 0.29) is 28.3 Å². The van der Waals surface area contributed by atoms with Gasteiger partial charge in [0, 0.05) is 37.2 Å². The molecule has 0 radical (unpaired) electrons. The van der Waals surface area contributed by atoms with Gasteiger partial charge in [-0.25, -0.2) is 9.59 Å². The smallest absolute Gasteiger partial charge is 0.407 e. The molecular formula is C16H17ClN2O5. The minimum atomic E-state index is -0.954. The van der Waals surface area contributed by atoms with Crippen molar-refractivity contribution in [2.75, 3.05) is 31.6 Å². The van der Waals surface area contributed by atoms with Gasteiger partial charge in [0.2, 0.25) is 5.91 Å². The van der Waals surface area contributed by atoms with Crippen molar-refractivity contribution in [2.45, 2.75) is 6.42 Å². The van der Waals surface area contributed by atoms with Crippen molar-refractivity contribution >= 4 is 35.3 Å². The number of benzene rings is 1. The van der Waals surface area contributed by atoms with E-state index in [1.807, 2.05) is 0 Å². The lowest BCUT2D eigenvalue weighted by atomic mass is 9.88. The third kappa shape index (κ3) is 2.80. The fourth-order valence-electron chi connectivity index (χ4n) is 3.42. The lowest BCUT2D eigenvalue weighted by Gasteiger charge is -2.31. The molecule has 1 aromatic rings. The lowest BCUT2D eigenvalue weighted by molar-refractivity contribution is -0.122. The number of nitrogens with zero attached hydrogens (tertiary/aromatic N) is 2. The van der Waals surface area contributed by atoms with E-state index in [1.165, 1.54) is 18.1 Å². The zero-order chi connectivity index (χ0) is 17.4. The molecule has 2 heterocycles. The highest BCUT2D eigenvalue weighted by molar-refractivity contribution is 6.34. The Hall–Kier alpha value is -2.28. The number of piperidine rings is 1. The Balaban J connectivity index is 1.81. The van der Waals surface area contributed by atoms with E-state index in [9.17, 15) is 14.4 Å². The summed E-state index contributed by atoms with van der Waals surface area (Å²) in [4.78, 5) is 38.3. The average Bonchev–Trinajstić information content (AvgIpc) is 2.90. The third-order valence-electron chi connectivity index (χ3n) is 4.67. The van der Waals surface area contributed by atoms with E-state index in [0.717, 1.165) is 0 Å². The molecule has 2 aliphatic rings. The van der Waals surface area contributed by atoms with Crippen molar-refractivity contribution in [3.63, 3.8) is 0 Å². The number of fused-ring (bicyclic) bond motifs is 1. The zero-order valence-corrected chi connectivity index (χ0v) is 13.8. The summed E-state index contributed by atoms with van der Waals surface area (Å²) in [6, 6.07) is 4.75. The van der Waals surface area contributed by atoms with Gasteiger partial charge in [0.25, 0.3) is 0 Å². The van der Waals surface area contributed by atoms with E-state index < -0.39 is 12.1 Å². The molecule has 3 rings (SSSR count). The monoisotopic (exact) mass is 352 g/mol. The van der Waals surface area contributed by atoms with E-state index in [0.29, 0.717) is 31.7 Å². The van der Waals surface area contributed by atoms with Crippen LogP contribution in [-0.2, 0) is 9.53 Å². The molecule has 2 aliphatic heterocycles. The molecule has 24 heavy (non-hydrogen) atoms. The van der Waals surface area contributed by atoms with Crippen LogP contribution in [0.5, 0.6) is 0 Å². The van der Waals surface area contributed by atoms with Crippen LogP contribution >= 0.6 is 11.6 Å². The predicted octanol–water partition coefficient (Wildman–Crippen LogP) is 2.09. The molecule has 0 unspecified atom stereocenters. The summed E-state index contributed by atoms with van der Waals surface area (Å²) in [6.07, 6.45) is -0.426. The molecule has 2 atom stereocenters. The highest BCUT2D eigenvalue weighted by Gasteiger charge is 2.44. The molecule has 2 fully saturated rings. The fourth-order valence-corrected chi connectivity index (χ4v) is 3.67. The quantitative estimate of drug-likeness (QED) is 0.823. The normalized spacial score (nSPS) is 23.2. The number of anilines is 1. The largest absolute Gasteiger partial charge is 0.465 e. The second-order valence-electron chi connectivity index (χ2n) is 5.99. The maximum Gasteiger partial charge on any atom is 0.407 e. The van der Waals surface area contributed by atoms with Crippen molar-refractivity contribution in [3.8, 4) is 0 Å². The van der Waals surface area contributed by atoms with Gasteiger partial charge in [-0.05, 0) is 24.6 Å². The Labute approximate surface area is 143 Å². The second-order valence-corrected chi connectivity index (χ2v) is 6.40. The summed E-state index contributed by atoms with van der Waals surface area (Å²) in [7, 11) is 1.27. The van der Waals surface area contributed by atoms with Crippen LogP contribution in [0.3, 0.4) is 0 Å². The first-order chi connectivity index (χ1) is 11.4. The molecule has 0 aliphatic carbocycles. The summed E-state index contributed by atoms with van der Waals surface area (Å²) in [5, 5.41) is 9.33. The Morgan fingerprint density at radius 1 is 1.33 bits per heavy atom. The van der Waals surface area contributed by atoms with Crippen LogP contribution in [0.15, 0.2) is 18.2 Å². The van der Waals surface area contributed by atoms with Gasteiger partial charge in [-0.1, -0.05) is 11.6 Å². The number of rotatable bonds is 2. The van der Waals surface area contributed by atoms with E-state index in [2.05, 4.69) is 4.74 Å². The van der Waals surface area contributed by atoms with Crippen LogP contribution in [0.2, 0.25) is 5.02 Å². The first-order valence-corrected chi connectivity index (χ1v) is 7.97. The maximum atomic E-state index is 12.6. The SMILES string of the molecule is COC(=O)c1ccc(N2C[C@@H]3CN(C(=O)O)CC[C@@H]3C2=O)cc1Cl. The first-order valence-electron chi connectivity index (χ1n) is 7.59. The van der Waals surface area contributed by atoms with Gasteiger partial charge >= 0.3 is 12.1 Å². The number of carbonyl (C=O) groups is 3. The lowest BCUT2D eigenvalue weighted by Crippen LogP contribution is -2.43. The van der Waals surface area contributed by atoms with Gasteiger partial charge in [0.05, 0.1) is 17.7 Å². The van der Waals surface area contributed by atoms with Crippen LogP contribution in [-0.4, -0.2) is 54.7 Å². The molecule has 0 saturated carbocycles. The van der Waals surface area contributed by atoms with Crippen molar-refractivity contribution in [2.24, 2.45) is 11.8 Å². The number of likely N-dealkylation sites (tertiary alicyclic amines) is 1. The van der Waals surface area contributed by atoms with Crippen molar-refractivity contribution in [1.82, 2.24) is 4.90 Å². The van der Waals surface area contributed by atoms with Crippen molar-refractivity contribution in [1.29, 1.82) is 0 Å². The molecule has 2 saturated heterocycles. The maximum absolute atomic E-state index is 12.6. The van der Waals surface area contributed by atoms with Gasteiger partial charge in [-0.3, -0.25) is 4.79 Å². The molecule has 8 heteroatoms. The molecule has 0 aromatic heterocycles. The topological polar surface area (TPSA) is 87.2 Å². The Morgan fingerprint density at radius 2 is 2.08 bits per heavy atom. The Morgan fingerprint density at radius 3 is 2.71 bits per heavy atom. The number of hydrogen-bond donors (Lipinski definition) is 1. The molecule has 7 nitrogen and oxygen atoms in total. The minimum Gasteiger partial charge on any atom is -0.465 e. The summed E-state index contributed by atoms with van der Waals surface area (Å²) in [5.41, 5.74) is 0.845. The number of halogens is 1. The van der Waals surface area contributed by atoms with Crippen molar-refractivity contribution < 1.29 is 24.2 Å². The van der Waals surface area contributed by atoms with Gasteiger partial charge in [0.1, 0.15) is 0 Å². The summed E-state index contributed by atoms with van der Waals surface area (Å²) < 4.78 is 4.65. The van der Waals surface area contributed by atoms with Crippen LogP contribution in [0, 0.1) is 11.8 Å². The summed E-state index contributed by atoms with van der Waals surface area (Å²) in [6.45, 7) is 1.18. The number of carbonyl (C=O) groups excluding carboxylic acids is 2. The Kier molecular flexibility index (Phi) is 4.36. The Bertz CT molecular complexity index is 708. The van der Waals surface area contributed by atoms with Crippen LogP contribution in [0.1, 0.15) is 16.8 Å². The van der Waals surface area contributed by atoms with E-state index in [1.54, 1.807) is 17.0 Å². The number of methoxy groups -OCH3 is 1. The van der Waals surface area contributed by atoms with E-state index in [4.69, 9.17) is 16.7 Å². The van der Waals surface area contributed by atoms with Crippen LogP contribution in [0.25, 0.3) is 0 Å². The molecule has 1 N–H and O–H groups in total. The number of amides is 2. The summed E-state index contributed by atoms with van der Waals surface area (Å²) in [5.74, 6) is -0.752. The van der Waals surface area contributed by atoms with Gasteiger partial charge in [0.15, 0.2) is 0 Å². The van der Waals surface area contributed by atoms with Crippen LogP contribution in [0.4, 0.5) is 10.5 Å². The summed E-state index contributed by atoms with van der Waals surface area (Å²) >= 11 is 6.12. The highest BCUT2D eigenvalue weighted by Crippen LogP contribution is 2.36. The van der Waals surface area contributed by atoms with Gasteiger partial charge in [-0.15, -0.1) is 0 Å². The third-order valence-corrected chi connectivity index (χ3v) is 4.99. The van der Waals surface area contributed by atoms with Gasteiger partial charge in [-0.2, -0.15) is 0 Å². The minimum absolute atomic E-state index is 0.0214. The van der Waals surface area contributed by atoms with Gasteiger partial charge < -0.3 is 19.6 Å². The number of hydrogen-bond acceptors (Lipinski definition) is 4. The molecule has 0 bridgehead atoms. The molecule has 1 aromatic carbocycles. The number of carboxylic acid groups (broad SMARTS) is 1. The zero-order valence-electron chi connectivity index (χ0n) is 13.1. The predicted molar refractivity (Wildman–Crippen MR) is 86.3 cm³/mol. The number of esters is 1. The fraction of sp³-hybridized carbons (Fsp3) is 0.438. The number of ether oxygens (including phenoxy) is 1. The average molecular weight is 353 g/mol.